The Bertz CT molecular complexity index is 368. The van der Waals surface area contributed by atoms with Gasteiger partial charge in [0.15, 0.2) is 0 Å². The second-order valence-corrected chi connectivity index (χ2v) is 8.40. The highest BCUT2D eigenvalue weighted by Crippen LogP contribution is 2.05. The number of hydrogen-bond donors (Lipinski definition) is 0. The van der Waals surface area contributed by atoms with Crippen molar-refractivity contribution in [3.05, 3.63) is 0 Å². The number of sulfonamides is 1. The largest absolute Gasteiger partial charge is 0.229 e. The van der Waals surface area contributed by atoms with Gasteiger partial charge in [-0.25, -0.2) is 21.1 Å². The molecule has 0 atom stereocenters. The molecule has 0 saturated heterocycles. The monoisotopic (exact) mass is 243 g/mol. The van der Waals surface area contributed by atoms with Crippen LogP contribution >= 0.6 is 0 Å². The summed E-state index contributed by atoms with van der Waals surface area (Å²) in [5, 5.41) is -0.521. The quantitative estimate of drug-likeness (QED) is 0.664. The zero-order chi connectivity index (χ0) is 11.6. The summed E-state index contributed by atoms with van der Waals surface area (Å²) < 4.78 is 45.7. The first-order valence-electron chi connectivity index (χ1n) is 4.20. The normalized spacial score (nSPS) is 13.9. The van der Waals surface area contributed by atoms with Crippen LogP contribution in [0.3, 0.4) is 0 Å². The number of hydrogen-bond acceptors (Lipinski definition) is 4. The molecule has 0 heterocycles. The van der Waals surface area contributed by atoms with Crippen molar-refractivity contribution in [2.75, 3.05) is 25.6 Å². The molecule has 0 aromatic rings. The predicted molar refractivity (Wildman–Crippen MR) is 56.4 cm³/mol. The molecular weight excluding hydrogens is 226 g/mol. The van der Waals surface area contributed by atoms with Crippen molar-refractivity contribution in [3.63, 3.8) is 0 Å². The zero-order valence-electron chi connectivity index (χ0n) is 8.89. The molecule has 0 aliphatic rings. The highest BCUT2D eigenvalue weighted by molar-refractivity contribution is 7.91. The minimum absolute atomic E-state index is 0.0132. The molecular formula is C7H17NO4S2. The fourth-order valence-electron chi connectivity index (χ4n) is 0.782. The molecule has 0 unspecified atom stereocenters. The summed E-state index contributed by atoms with van der Waals surface area (Å²) in [5.74, 6) is -0.143. The third-order valence-corrected chi connectivity index (χ3v) is 4.97. The van der Waals surface area contributed by atoms with Gasteiger partial charge in [0.05, 0.1) is 11.0 Å². The number of rotatable bonds is 5. The van der Waals surface area contributed by atoms with Gasteiger partial charge in [0.25, 0.3) is 0 Å². The molecule has 0 spiro atoms. The molecule has 0 fully saturated rings. The molecule has 7 heteroatoms. The summed E-state index contributed by atoms with van der Waals surface area (Å²) in [6.07, 6.45) is 1.09. The van der Waals surface area contributed by atoms with E-state index in [1.165, 1.54) is 7.05 Å². The Morgan fingerprint density at radius 3 is 1.86 bits per heavy atom. The van der Waals surface area contributed by atoms with E-state index >= 15 is 0 Å². The second kappa shape index (κ2) is 4.59. The van der Waals surface area contributed by atoms with Crippen LogP contribution in [0.5, 0.6) is 0 Å². The van der Waals surface area contributed by atoms with Gasteiger partial charge < -0.3 is 0 Å². The van der Waals surface area contributed by atoms with Crippen LogP contribution in [0.1, 0.15) is 13.8 Å². The van der Waals surface area contributed by atoms with E-state index in [0.717, 1.165) is 10.6 Å². The molecule has 5 nitrogen and oxygen atoms in total. The Morgan fingerprint density at radius 1 is 1.14 bits per heavy atom. The van der Waals surface area contributed by atoms with Gasteiger partial charge >= 0.3 is 0 Å². The number of sulfone groups is 1. The van der Waals surface area contributed by atoms with E-state index in [4.69, 9.17) is 0 Å². The van der Waals surface area contributed by atoms with Gasteiger partial charge in [-0.05, 0) is 13.8 Å². The predicted octanol–water partition coefficient (Wildman–Crippen LogP) is -0.299. The van der Waals surface area contributed by atoms with Crippen molar-refractivity contribution in [2.24, 2.45) is 0 Å². The summed E-state index contributed by atoms with van der Waals surface area (Å²) in [6.45, 7) is 3.14. The van der Waals surface area contributed by atoms with Crippen LogP contribution < -0.4 is 0 Å². The SMILES string of the molecule is CC(C)S(=O)(=O)N(C)CCS(C)(=O)=O. The van der Waals surface area contributed by atoms with Crippen molar-refractivity contribution >= 4 is 19.9 Å². The highest BCUT2D eigenvalue weighted by atomic mass is 32.2. The lowest BCUT2D eigenvalue weighted by atomic mass is 10.6. The van der Waals surface area contributed by atoms with E-state index in [0.29, 0.717) is 0 Å². The van der Waals surface area contributed by atoms with Crippen LogP contribution in [0.15, 0.2) is 0 Å². The first-order valence-corrected chi connectivity index (χ1v) is 7.76. The lowest BCUT2D eigenvalue weighted by Crippen LogP contribution is -2.36. The van der Waals surface area contributed by atoms with Crippen molar-refractivity contribution in [1.29, 1.82) is 0 Å². The van der Waals surface area contributed by atoms with E-state index < -0.39 is 25.1 Å². The third kappa shape index (κ3) is 4.39. The van der Waals surface area contributed by atoms with Crippen LogP contribution in [0.4, 0.5) is 0 Å². The molecule has 0 radical (unpaired) electrons. The maximum absolute atomic E-state index is 11.5. The van der Waals surface area contributed by atoms with E-state index in [9.17, 15) is 16.8 Å². The van der Waals surface area contributed by atoms with Gasteiger partial charge in [-0.2, -0.15) is 0 Å². The Labute approximate surface area is 86.1 Å². The van der Waals surface area contributed by atoms with Crippen molar-refractivity contribution in [1.82, 2.24) is 4.31 Å². The summed E-state index contributed by atoms with van der Waals surface area (Å²) in [6, 6.07) is 0. The van der Waals surface area contributed by atoms with Crippen LogP contribution in [0.25, 0.3) is 0 Å². The van der Waals surface area contributed by atoms with Crippen molar-refractivity contribution < 1.29 is 16.8 Å². The van der Waals surface area contributed by atoms with Crippen molar-refractivity contribution in [2.45, 2.75) is 19.1 Å². The van der Waals surface area contributed by atoms with Crippen LogP contribution in [0, 0.1) is 0 Å². The Kier molecular flexibility index (Phi) is 4.54. The summed E-state index contributed by atoms with van der Waals surface area (Å²) in [5.41, 5.74) is 0. The van der Waals surface area contributed by atoms with Crippen LogP contribution in [-0.4, -0.2) is 52.0 Å². The van der Waals surface area contributed by atoms with Crippen LogP contribution in [0.2, 0.25) is 0 Å². The molecule has 0 aromatic heterocycles. The molecule has 86 valence electrons. The summed E-state index contributed by atoms with van der Waals surface area (Å²) >= 11 is 0. The maximum atomic E-state index is 11.5. The molecule has 0 bridgehead atoms. The first kappa shape index (κ1) is 13.9. The lowest BCUT2D eigenvalue weighted by molar-refractivity contribution is 0.477. The molecule has 0 aromatic carbocycles. The summed E-state index contributed by atoms with van der Waals surface area (Å²) in [7, 11) is -5.05. The van der Waals surface area contributed by atoms with Gasteiger partial charge in [-0.1, -0.05) is 0 Å². The third-order valence-electron chi connectivity index (χ3n) is 1.81. The molecule has 0 rings (SSSR count). The molecule has 0 amide bonds. The summed E-state index contributed by atoms with van der Waals surface area (Å²) in [4.78, 5) is 0. The first-order chi connectivity index (χ1) is 6.07. The molecule has 0 saturated carbocycles. The number of nitrogens with zero attached hydrogens (tertiary/aromatic N) is 1. The Morgan fingerprint density at radius 2 is 1.57 bits per heavy atom. The van der Waals surface area contributed by atoms with Crippen LogP contribution in [-0.2, 0) is 19.9 Å². The van der Waals surface area contributed by atoms with Gasteiger partial charge in [0, 0.05) is 19.8 Å². The molecule has 0 N–H and O–H groups in total. The fraction of sp³-hybridized carbons (Fsp3) is 1.00. The zero-order valence-corrected chi connectivity index (χ0v) is 10.5. The molecule has 0 aliphatic heterocycles. The Balaban J connectivity index is 4.45. The van der Waals surface area contributed by atoms with Crippen molar-refractivity contribution in [3.8, 4) is 0 Å². The van der Waals surface area contributed by atoms with E-state index in [-0.39, 0.29) is 12.3 Å². The fourth-order valence-corrected chi connectivity index (χ4v) is 2.57. The maximum Gasteiger partial charge on any atom is 0.216 e. The molecule has 0 aliphatic carbocycles. The minimum Gasteiger partial charge on any atom is -0.229 e. The van der Waals surface area contributed by atoms with Gasteiger partial charge in [0.1, 0.15) is 9.84 Å². The molecule has 14 heavy (non-hydrogen) atoms. The van der Waals surface area contributed by atoms with Gasteiger partial charge in [-0.15, -0.1) is 0 Å². The average Bonchev–Trinajstić information content (AvgIpc) is 1.98. The standard InChI is InChI=1S/C7H17NO4S2/c1-7(2)14(11,12)8(3)5-6-13(4,9)10/h7H,5-6H2,1-4H3. The van der Waals surface area contributed by atoms with E-state index in [1.807, 2.05) is 0 Å². The smallest absolute Gasteiger partial charge is 0.216 e. The van der Waals surface area contributed by atoms with E-state index in [1.54, 1.807) is 13.8 Å². The topological polar surface area (TPSA) is 71.5 Å². The highest BCUT2D eigenvalue weighted by Gasteiger charge is 2.22. The van der Waals surface area contributed by atoms with E-state index in [2.05, 4.69) is 0 Å². The van der Waals surface area contributed by atoms with Gasteiger partial charge in [0.2, 0.25) is 10.0 Å². The minimum atomic E-state index is -3.33. The van der Waals surface area contributed by atoms with Gasteiger partial charge in [-0.3, -0.25) is 0 Å². The average molecular weight is 243 g/mol. The Hall–Kier alpha value is -0.140. The second-order valence-electron chi connectivity index (χ2n) is 3.55. The lowest BCUT2D eigenvalue weighted by Gasteiger charge is -2.18.